The van der Waals surface area contributed by atoms with E-state index >= 15 is 0 Å². The zero-order valence-electron chi connectivity index (χ0n) is 4.88. The predicted octanol–water partition coefficient (Wildman–Crippen LogP) is -0.309. The molecule has 0 aliphatic carbocycles. The highest BCUT2D eigenvalue weighted by atomic mass is 16.6. The third kappa shape index (κ3) is 4.76. The molecule has 0 aliphatic rings. The van der Waals surface area contributed by atoms with Crippen molar-refractivity contribution in [2.24, 2.45) is 0 Å². The van der Waals surface area contributed by atoms with Gasteiger partial charge in [-0.2, -0.15) is 0 Å². The molecule has 0 bridgehead atoms. The fourth-order valence-electron chi connectivity index (χ4n) is 0.199. The van der Waals surface area contributed by atoms with Gasteiger partial charge in [0.15, 0.2) is 12.4 Å². The van der Waals surface area contributed by atoms with E-state index in [0.717, 1.165) is 0 Å². The zero-order chi connectivity index (χ0) is 7.28. The normalized spacial score (nSPS) is 8.22. The topological polar surface area (TPSA) is 75.6 Å². The summed E-state index contributed by atoms with van der Waals surface area (Å²) >= 11 is 0. The molecular weight excluding hydrogens is 126 g/mol. The van der Waals surface area contributed by atoms with Crippen LogP contribution in [0.4, 0.5) is 4.79 Å². The molecule has 0 aliphatic heterocycles. The molecule has 0 aromatic heterocycles. The Kier molecular flexibility index (Phi) is 3.38. The van der Waals surface area contributed by atoms with E-state index in [4.69, 9.17) is 5.21 Å². The molecule has 0 heterocycles. The lowest BCUT2D eigenvalue weighted by Gasteiger charge is -1.97. The molecule has 0 rings (SSSR count). The minimum atomic E-state index is -1.02. The van der Waals surface area contributed by atoms with E-state index in [2.05, 4.69) is 4.74 Å². The van der Waals surface area contributed by atoms with Gasteiger partial charge in [-0.1, -0.05) is 0 Å². The molecule has 0 unspecified atom stereocenters. The van der Waals surface area contributed by atoms with Crippen LogP contribution in [0.5, 0.6) is 0 Å². The first kappa shape index (κ1) is 7.90. The minimum Gasteiger partial charge on any atom is -0.440 e. The average Bonchev–Trinajstić information content (AvgIpc) is 1.83. The van der Waals surface area contributed by atoms with E-state index in [1.807, 2.05) is 0 Å². The number of ether oxygens (including phenoxy) is 1. The minimum absolute atomic E-state index is 0.279. The Morgan fingerprint density at radius 3 is 2.56 bits per heavy atom. The number of ketones is 1. The largest absolute Gasteiger partial charge is 0.440 e. The molecule has 5 heteroatoms. The summed E-state index contributed by atoms with van der Waals surface area (Å²) in [6.45, 7) is 0.955. The SMILES string of the molecule is CC(=O)COC(=O)NO. The number of carbonyl (C=O) groups is 2. The molecule has 0 aromatic rings. The predicted molar refractivity (Wildman–Crippen MR) is 27.0 cm³/mol. The molecule has 0 radical (unpaired) electrons. The first-order valence-electron chi connectivity index (χ1n) is 2.23. The fourth-order valence-corrected chi connectivity index (χ4v) is 0.199. The smallest absolute Gasteiger partial charge is 0.431 e. The molecule has 0 saturated carbocycles. The van der Waals surface area contributed by atoms with Crippen LogP contribution in [-0.2, 0) is 9.53 Å². The summed E-state index contributed by atoms with van der Waals surface area (Å²) in [5, 5.41) is 7.81. The lowest BCUT2D eigenvalue weighted by atomic mass is 10.5. The fraction of sp³-hybridized carbons (Fsp3) is 0.500. The van der Waals surface area contributed by atoms with Crippen molar-refractivity contribution in [3.63, 3.8) is 0 Å². The number of hydrogen-bond acceptors (Lipinski definition) is 4. The van der Waals surface area contributed by atoms with Crippen molar-refractivity contribution < 1.29 is 19.5 Å². The highest BCUT2D eigenvalue weighted by Crippen LogP contribution is 1.75. The second kappa shape index (κ2) is 3.85. The second-order valence-electron chi connectivity index (χ2n) is 1.39. The second-order valence-corrected chi connectivity index (χ2v) is 1.39. The van der Waals surface area contributed by atoms with Crippen molar-refractivity contribution in [1.29, 1.82) is 0 Å². The van der Waals surface area contributed by atoms with Crippen molar-refractivity contribution in [3.05, 3.63) is 0 Å². The lowest BCUT2D eigenvalue weighted by molar-refractivity contribution is -0.120. The summed E-state index contributed by atoms with van der Waals surface area (Å²) in [4.78, 5) is 20.1. The summed E-state index contributed by atoms with van der Waals surface area (Å²) in [5.74, 6) is -0.279. The number of hydroxylamine groups is 1. The molecule has 0 saturated heterocycles. The number of carbonyl (C=O) groups excluding carboxylic acids is 2. The van der Waals surface area contributed by atoms with Gasteiger partial charge in [-0.25, -0.2) is 10.3 Å². The van der Waals surface area contributed by atoms with Gasteiger partial charge in [0, 0.05) is 0 Å². The van der Waals surface area contributed by atoms with Gasteiger partial charge in [-0.3, -0.25) is 10.0 Å². The van der Waals surface area contributed by atoms with Crippen LogP contribution in [0.2, 0.25) is 0 Å². The standard InChI is InChI=1S/C4H7NO4/c1-3(6)2-9-4(7)5-8/h8H,2H2,1H3,(H,5,7). The van der Waals surface area contributed by atoms with Gasteiger partial charge < -0.3 is 4.74 Å². The van der Waals surface area contributed by atoms with Crippen LogP contribution in [0, 0.1) is 0 Å². The molecule has 2 N–H and O–H groups in total. The molecular formula is C4H7NO4. The van der Waals surface area contributed by atoms with Crippen molar-refractivity contribution in [1.82, 2.24) is 5.48 Å². The number of nitrogens with one attached hydrogen (secondary N) is 1. The van der Waals surface area contributed by atoms with Crippen molar-refractivity contribution in [2.45, 2.75) is 6.92 Å². The molecule has 0 atom stereocenters. The van der Waals surface area contributed by atoms with Crippen LogP contribution in [0.25, 0.3) is 0 Å². The zero-order valence-corrected chi connectivity index (χ0v) is 4.88. The van der Waals surface area contributed by atoms with Crippen LogP contribution in [0.3, 0.4) is 0 Å². The van der Waals surface area contributed by atoms with Crippen LogP contribution in [0.15, 0.2) is 0 Å². The van der Waals surface area contributed by atoms with Crippen molar-refractivity contribution in [2.75, 3.05) is 6.61 Å². The van der Waals surface area contributed by atoms with Crippen molar-refractivity contribution >= 4 is 11.9 Å². The summed E-state index contributed by atoms with van der Waals surface area (Å²) in [6, 6.07) is 0. The Hall–Kier alpha value is -1.10. The van der Waals surface area contributed by atoms with E-state index in [1.54, 1.807) is 0 Å². The van der Waals surface area contributed by atoms with E-state index < -0.39 is 6.09 Å². The first-order valence-corrected chi connectivity index (χ1v) is 2.23. The highest BCUT2D eigenvalue weighted by molar-refractivity contribution is 5.79. The van der Waals surface area contributed by atoms with Crippen LogP contribution in [-0.4, -0.2) is 23.7 Å². The van der Waals surface area contributed by atoms with Gasteiger partial charge in [0.1, 0.15) is 0 Å². The quantitative estimate of drug-likeness (QED) is 0.400. The Bertz CT molecular complexity index is 122. The molecule has 1 amide bonds. The maximum Gasteiger partial charge on any atom is 0.431 e. The van der Waals surface area contributed by atoms with Crippen LogP contribution >= 0.6 is 0 Å². The number of hydrogen-bond donors (Lipinski definition) is 2. The summed E-state index contributed by atoms with van der Waals surface area (Å²) < 4.78 is 4.10. The maximum absolute atomic E-state index is 10.1. The first-order chi connectivity index (χ1) is 4.16. The van der Waals surface area contributed by atoms with Gasteiger partial charge in [-0.05, 0) is 6.92 Å². The summed E-state index contributed by atoms with van der Waals surface area (Å²) in [6.07, 6.45) is -1.02. The third-order valence-corrected chi connectivity index (χ3v) is 0.498. The molecule has 0 aromatic carbocycles. The van der Waals surface area contributed by atoms with Crippen molar-refractivity contribution in [3.8, 4) is 0 Å². The summed E-state index contributed by atoms with van der Waals surface area (Å²) in [7, 11) is 0. The van der Waals surface area contributed by atoms with Gasteiger partial charge in [0.2, 0.25) is 0 Å². The molecule has 0 fully saturated rings. The van der Waals surface area contributed by atoms with Gasteiger partial charge in [-0.15, -0.1) is 0 Å². The lowest BCUT2D eigenvalue weighted by Crippen LogP contribution is -2.22. The van der Waals surface area contributed by atoms with Gasteiger partial charge in [0.25, 0.3) is 0 Å². The highest BCUT2D eigenvalue weighted by Gasteiger charge is 1.99. The molecule has 9 heavy (non-hydrogen) atoms. The van der Waals surface area contributed by atoms with Crippen LogP contribution in [0.1, 0.15) is 6.92 Å². The van der Waals surface area contributed by atoms with Crippen LogP contribution < -0.4 is 5.48 Å². The average molecular weight is 133 g/mol. The number of Topliss-reactive ketones (excluding diaryl/α,β-unsaturated/α-hetero) is 1. The molecule has 5 nitrogen and oxygen atoms in total. The Balaban J connectivity index is 3.28. The van der Waals surface area contributed by atoms with E-state index in [9.17, 15) is 9.59 Å². The molecule has 0 spiro atoms. The Morgan fingerprint density at radius 1 is 1.67 bits per heavy atom. The van der Waals surface area contributed by atoms with Gasteiger partial charge in [0.05, 0.1) is 0 Å². The monoisotopic (exact) mass is 133 g/mol. The third-order valence-electron chi connectivity index (χ3n) is 0.498. The van der Waals surface area contributed by atoms with Gasteiger partial charge >= 0.3 is 6.09 Å². The number of rotatable bonds is 2. The molecule has 52 valence electrons. The number of amides is 1. The Labute approximate surface area is 51.6 Å². The maximum atomic E-state index is 10.1. The summed E-state index contributed by atoms with van der Waals surface area (Å²) in [5.41, 5.74) is 1.21. The van der Waals surface area contributed by atoms with E-state index in [-0.39, 0.29) is 12.4 Å². The Morgan fingerprint density at radius 2 is 2.22 bits per heavy atom. The van der Waals surface area contributed by atoms with E-state index in [0.29, 0.717) is 0 Å². The van der Waals surface area contributed by atoms with E-state index in [1.165, 1.54) is 12.4 Å².